The lowest BCUT2D eigenvalue weighted by Crippen LogP contribution is -1.81. The van der Waals surface area contributed by atoms with Crippen molar-refractivity contribution in [2.75, 3.05) is 0 Å². The third kappa shape index (κ3) is 7.11. The Kier molecular flexibility index (Phi) is 7.98. The molecule has 0 heterocycles. The first-order valence-electron chi connectivity index (χ1n) is 4.68. The molecule has 0 aliphatic carbocycles. The first kappa shape index (κ1) is 11.7. The summed E-state index contributed by atoms with van der Waals surface area (Å²) >= 11 is 0. The van der Waals surface area contributed by atoms with Crippen LogP contribution in [0.3, 0.4) is 0 Å². The van der Waals surface area contributed by atoms with Gasteiger partial charge in [-0.25, -0.2) is 0 Å². The Labute approximate surface area is 81.6 Å². The second-order valence-electron chi connectivity index (χ2n) is 2.84. The number of unbranched alkanes of at least 4 members (excludes halogenated alkanes) is 1. The van der Waals surface area contributed by atoms with E-state index in [0.717, 1.165) is 0 Å². The van der Waals surface area contributed by atoms with E-state index in [4.69, 9.17) is 0 Å². The van der Waals surface area contributed by atoms with Crippen LogP contribution in [0.25, 0.3) is 0 Å². The molecule has 0 radical (unpaired) electrons. The molecule has 1 aromatic carbocycles. The lowest BCUT2D eigenvalue weighted by molar-refractivity contribution is 0.795. The first-order chi connectivity index (χ1) is 6.35. The van der Waals surface area contributed by atoms with Crippen molar-refractivity contribution in [1.29, 1.82) is 0 Å². The third-order valence-electron chi connectivity index (χ3n) is 1.66. The molecule has 1 aromatic rings. The number of aryl methyl sites for hydroxylation is 1. The smallest absolute Gasteiger partial charge is 0.0279 e. The zero-order valence-corrected chi connectivity index (χ0v) is 8.42. The fourth-order valence-electron chi connectivity index (χ4n) is 1.03. The van der Waals surface area contributed by atoms with Crippen molar-refractivity contribution in [1.82, 2.24) is 0 Å². The van der Waals surface area contributed by atoms with E-state index >= 15 is 0 Å². The highest BCUT2D eigenvalue weighted by Crippen LogP contribution is 2.03. The summed E-state index contributed by atoms with van der Waals surface area (Å²) in [5.74, 6) is 0. The van der Waals surface area contributed by atoms with Gasteiger partial charge in [0.25, 0.3) is 0 Å². The molecule has 70 valence electrons. The van der Waals surface area contributed by atoms with Crippen molar-refractivity contribution >= 4 is 0 Å². The molecular formula is C13H18. The van der Waals surface area contributed by atoms with Crippen LogP contribution in [0, 0.1) is 0 Å². The summed E-state index contributed by atoms with van der Waals surface area (Å²) in [5.41, 5.74) is 3.71. The molecule has 0 amide bonds. The highest BCUT2D eigenvalue weighted by Gasteiger charge is 1.87. The Bertz CT molecular complexity index is 227. The van der Waals surface area contributed by atoms with Gasteiger partial charge in [0.15, 0.2) is 0 Å². The minimum absolute atomic E-state index is 1.23. The lowest BCUT2D eigenvalue weighted by atomic mass is 10.1. The Balaban J connectivity index is 0.000000424. The molecule has 0 N–H and O–H groups in total. The average molecular weight is 174 g/mol. The first-order valence-corrected chi connectivity index (χ1v) is 4.68. The normalized spacial score (nSPS) is 8.08. The Morgan fingerprint density at radius 2 is 1.69 bits per heavy atom. The summed E-state index contributed by atoms with van der Waals surface area (Å²) in [6.45, 7) is 8.48. The van der Waals surface area contributed by atoms with E-state index in [1.54, 1.807) is 0 Å². The highest BCUT2D eigenvalue weighted by atomic mass is 13.9. The fourth-order valence-corrected chi connectivity index (χ4v) is 1.03. The second-order valence-corrected chi connectivity index (χ2v) is 2.84. The van der Waals surface area contributed by atoms with E-state index < -0.39 is 0 Å². The van der Waals surface area contributed by atoms with Gasteiger partial charge in [-0.15, -0.1) is 5.73 Å². The van der Waals surface area contributed by atoms with Crippen LogP contribution < -0.4 is 0 Å². The third-order valence-corrected chi connectivity index (χ3v) is 1.66. The minimum Gasteiger partial charge on any atom is -0.137 e. The van der Waals surface area contributed by atoms with Crippen molar-refractivity contribution in [2.24, 2.45) is 0 Å². The van der Waals surface area contributed by atoms with E-state index in [1.165, 1.54) is 24.8 Å². The molecule has 0 nitrogen and oxygen atoms in total. The van der Waals surface area contributed by atoms with E-state index in [1.807, 2.05) is 0 Å². The molecular weight excluding hydrogens is 156 g/mol. The largest absolute Gasteiger partial charge is 0.137 e. The van der Waals surface area contributed by atoms with Gasteiger partial charge in [-0.3, -0.25) is 0 Å². The molecule has 0 unspecified atom stereocenters. The summed E-state index contributed by atoms with van der Waals surface area (Å²) in [4.78, 5) is 0. The summed E-state index contributed by atoms with van der Waals surface area (Å²) in [5, 5.41) is 0. The molecule has 1 rings (SSSR count). The molecule has 0 heteroatoms. The van der Waals surface area contributed by atoms with Gasteiger partial charge >= 0.3 is 0 Å². The molecule has 0 saturated heterocycles. The Morgan fingerprint density at radius 3 is 2.15 bits per heavy atom. The Morgan fingerprint density at radius 1 is 1.15 bits per heavy atom. The van der Waals surface area contributed by atoms with E-state index in [9.17, 15) is 0 Å². The van der Waals surface area contributed by atoms with Crippen molar-refractivity contribution in [3.63, 3.8) is 0 Å². The molecule has 0 atom stereocenters. The predicted octanol–water partition coefficient (Wildman–Crippen LogP) is 3.99. The van der Waals surface area contributed by atoms with E-state index in [0.29, 0.717) is 0 Å². The maximum absolute atomic E-state index is 3.12. The van der Waals surface area contributed by atoms with Crippen LogP contribution in [-0.4, -0.2) is 0 Å². The van der Waals surface area contributed by atoms with Crippen molar-refractivity contribution in [2.45, 2.75) is 26.2 Å². The van der Waals surface area contributed by atoms with Crippen LogP contribution in [0.1, 0.15) is 25.3 Å². The van der Waals surface area contributed by atoms with Gasteiger partial charge in [0, 0.05) is 0 Å². The van der Waals surface area contributed by atoms with Crippen LogP contribution >= 0.6 is 0 Å². The molecule has 0 bridgehead atoms. The zero-order chi connectivity index (χ0) is 9.94. The zero-order valence-electron chi connectivity index (χ0n) is 8.42. The maximum Gasteiger partial charge on any atom is -0.0279 e. The maximum atomic E-state index is 3.12. The summed E-state index contributed by atoms with van der Waals surface area (Å²) < 4.78 is 0. The van der Waals surface area contributed by atoms with Gasteiger partial charge in [-0.1, -0.05) is 56.8 Å². The fraction of sp³-hybridized carbons (Fsp3) is 0.308. The number of hydrogen-bond acceptors (Lipinski definition) is 0. The van der Waals surface area contributed by atoms with Crippen LogP contribution in [-0.2, 0) is 6.42 Å². The van der Waals surface area contributed by atoms with Crippen molar-refractivity contribution in [3.05, 3.63) is 54.8 Å². The van der Waals surface area contributed by atoms with Crippen molar-refractivity contribution in [3.8, 4) is 0 Å². The second kappa shape index (κ2) is 8.83. The molecule has 0 aromatic heterocycles. The number of hydrogen-bond donors (Lipinski definition) is 0. The minimum atomic E-state index is 1.23. The molecule has 0 aliphatic rings. The summed E-state index contributed by atoms with van der Waals surface area (Å²) in [6.07, 6.45) is 3.83. The summed E-state index contributed by atoms with van der Waals surface area (Å²) in [7, 11) is 0. The van der Waals surface area contributed by atoms with Gasteiger partial charge in [0.2, 0.25) is 0 Å². The molecule has 13 heavy (non-hydrogen) atoms. The van der Waals surface area contributed by atoms with Crippen LogP contribution in [0.2, 0.25) is 0 Å². The van der Waals surface area contributed by atoms with Crippen molar-refractivity contribution < 1.29 is 0 Å². The quantitative estimate of drug-likeness (QED) is 0.608. The number of rotatable bonds is 3. The predicted molar refractivity (Wildman–Crippen MR) is 59.8 cm³/mol. The van der Waals surface area contributed by atoms with E-state index in [2.05, 4.69) is 56.1 Å². The topological polar surface area (TPSA) is 0 Å². The van der Waals surface area contributed by atoms with Gasteiger partial charge in [0.1, 0.15) is 0 Å². The highest BCUT2D eigenvalue weighted by molar-refractivity contribution is 5.14. The lowest BCUT2D eigenvalue weighted by Gasteiger charge is -1.96. The van der Waals surface area contributed by atoms with Gasteiger partial charge < -0.3 is 0 Å². The standard InChI is InChI=1S/C10H14.C3H4/c1-2-3-7-10-8-5-4-6-9-10;1-3-2/h4-6,8-9H,2-3,7H2,1H3;1-2H2. The average Bonchev–Trinajstić information content (AvgIpc) is 2.18. The summed E-state index contributed by atoms with van der Waals surface area (Å²) in [6, 6.07) is 10.6. The van der Waals surface area contributed by atoms with Crippen LogP contribution in [0.15, 0.2) is 49.2 Å². The van der Waals surface area contributed by atoms with Crippen LogP contribution in [0.4, 0.5) is 0 Å². The number of benzene rings is 1. The van der Waals surface area contributed by atoms with E-state index in [-0.39, 0.29) is 0 Å². The SMILES string of the molecule is C=C=C.CCCCc1ccccc1. The molecule has 0 saturated carbocycles. The molecule has 0 spiro atoms. The Hall–Kier alpha value is -1.26. The molecule has 0 fully saturated rings. The van der Waals surface area contributed by atoms with Crippen LogP contribution in [0.5, 0.6) is 0 Å². The van der Waals surface area contributed by atoms with Gasteiger partial charge in [-0.2, -0.15) is 0 Å². The monoisotopic (exact) mass is 174 g/mol. The van der Waals surface area contributed by atoms with Gasteiger partial charge in [0.05, 0.1) is 0 Å². The van der Waals surface area contributed by atoms with Gasteiger partial charge in [-0.05, 0) is 18.4 Å². The molecule has 0 aliphatic heterocycles.